The molecule has 1 N–H and O–H groups in total. The molecule has 3 heteroatoms. The van der Waals surface area contributed by atoms with Crippen LogP contribution in [0.1, 0.15) is 40.0 Å². The van der Waals surface area contributed by atoms with Gasteiger partial charge in [0.1, 0.15) is 0 Å². The Labute approximate surface area is 105 Å². The molecule has 0 radical (unpaired) electrons. The van der Waals surface area contributed by atoms with Gasteiger partial charge in [-0.1, -0.05) is 20.8 Å². The van der Waals surface area contributed by atoms with Crippen molar-refractivity contribution in [3.8, 4) is 0 Å². The molecule has 2 rings (SSSR count). The number of nitrogens with one attached hydrogen (secondary N) is 1. The Morgan fingerprint density at radius 2 is 2.18 bits per heavy atom. The molecule has 0 aliphatic carbocycles. The highest BCUT2D eigenvalue weighted by molar-refractivity contribution is 4.94. The zero-order valence-corrected chi connectivity index (χ0v) is 11.5. The van der Waals surface area contributed by atoms with Crippen molar-refractivity contribution < 1.29 is 9.47 Å². The van der Waals surface area contributed by atoms with Crippen molar-refractivity contribution in [3.63, 3.8) is 0 Å². The van der Waals surface area contributed by atoms with Crippen molar-refractivity contribution >= 4 is 0 Å². The normalized spacial score (nSPS) is 35.6. The third kappa shape index (κ3) is 3.01. The average molecular weight is 241 g/mol. The van der Waals surface area contributed by atoms with Gasteiger partial charge in [0.15, 0.2) is 0 Å². The zero-order chi connectivity index (χ0) is 12.3. The summed E-state index contributed by atoms with van der Waals surface area (Å²) in [5.74, 6) is 1.43. The Balaban J connectivity index is 1.99. The van der Waals surface area contributed by atoms with E-state index in [0.717, 1.165) is 38.7 Å². The van der Waals surface area contributed by atoms with Gasteiger partial charge in [-0.2, -0.15) is 0 Å². The maximum Gasteiger partial charge on any atom is 0.0939 e. The molecule has 0 bridgehead atoms. The van der Waals surface area contributed by atoms with Gasteiger partial charge in [-0.3, -0.25) is 0 Å². The van der Waals surface area contributed by atoms with E-state index in [1.54, 1.807) is 0 Å². The van der Waals surface area contributed by atoms with Crippen LogP contribution >= 0.6 is 0 Å². The number of hydrogen-bond acceptors (Lipinski definition) is 3. The fourth-order valence-electron chi connectivity index (χ4n) is 3.42. The molecule has 2 fully saturated rings. The highest BCUT2D eigenvalue weighted by Gasteiger charge is 2.43. The second-order valence-corrected chi connectivity index (χ2v) is 5.91. The predicted octanol–water partition coefficient (Wildman–Crippen LogP) is 2.21. The van der Waals surface area contributed by atoms with E-state index in [9.17, 15) is 0 Å². The van der Waals surface area contributed by atoms with Gasteiger partial charge in [0.2, 0.25) is 0 Å². The Kier molecular flexibility index (Phi) is 4.45. The molecule has 0 aromatic rings. The maximum atomic E-state index is 6.01. The van der Waals surface area contributed by atoms with E-state index in [-0.39, 0.29) is 5.60 Å². The molecule has 0 amide bonds. The predicted molar refractivity (Wildman–Crippen MR) is 69.1 cm³/mol. The summed E-state index contributed by atoms with van der Waals surface area (Å²) in [7, 11) is 0. The van der Waals surface area contributed by atoms with E-state index in [2.05, 4.69) is 26.1 Å². The molecule has 2 aliphatic heterocycles. The van der Waals surface area contributed by atoms with E-state index in [1.807, 2.05) is 0 Å². The largest absolute Gasteiger partial charge is 0.378 e. The van der Waals surface area contributed by atoms with Crippen LogP contribution < -0.4 is 5.32 Å². The van der Waals surface area contributed by atoms with Gasteiger partial charge in [0, 0.05) is 25.7 Å². The van der Waals surface area contributed by atoms with Crippen molar-refractivity contribution in [2.75, 3.05) is 26.4 Å². The van der Waals surface area contributed by atoms with E-state index >= 15 is 0 Å². The second kappa shape index (κ2) is 5.68. The van der Waals surface area contributed by atoms with Crippen LogP contribution in [0.25, 0.3) is 0 Å². The topological polar surface area (TPSA) is 30.5 Å². The van der Waals surface area contributed by atoms with Crippen LogP contribution in [0, 0.1) is 11.8 Å². The molecule has 3 unspecified atom stereocenters. The Hall–Kier alpha value is -0.120. The first kappa shape index (κ1) is 13.3. The van der Waals surface area contributed by atoms with Crippen LogP contribution in [-0.2, 0) is 9.47 Å². The van der Waals surface area contributed by atoms with Gasteiger partial charge in [-0.25, -0.2) is 0 Å². The molecular weight excluding hydrogens is 214 g/mol. The minimum Gasteiger partial charge on any atom is -0.378 e. The fourth-order valence-corrected chi connectivity index (χ4v) is 3.42. The first-order valence-corrected chi connectivity index (χ1v) is 7.12. The zero-order valence-electron chi connectivity index (χ0n) is 11.5. The Morgan fingerprint density at radius 1 is 1.35 bits per heavy atom. The van der Waals surface area contributed by atoms with Gasteiger partial charge in [-0.15, -0.1) is 0 Å². The SMILES string of the molecule is CCNC(C(C)C)C1CCOC2(CCOC2)C1. The highest BCUT2D eigenvalue weighted by Crippen LogP contribution is 2.38. The second-order valence-electron chi connectivity index (χ2n) is 5.91. The van der Waals surface area contributed by atoms with E-state index in [1.165, 1.54) is 12.8 Å². The van der Waals surface area contributed by atoms with Gasteiger partial charge >= 0.3 is 0 Å². The van der Waals surface area contributed by atoms with Crippen molar-refractivity contribution in [1.29, 1.82) is 0 Å². The summed E-state index contributed by atoms with van der Waals surface area (Å²) in [5.41, 5.74) is 0.0471. The molecule has 0 saturated carbocycles. The van der Waals surface area contributed by atoms with Crippen LogP contribution in [0.4, 0.5) is 0 Å². The molecule has 100 valence electrons. The lowest BCUT2D eigenvalue weighted by atomic mass is 9.78. The van der Waals surface area contributed by atoms with Gasteiger partial charge in [0.25, 0.3) is 0 Å². The molecule has 0 aromatic heterocycles. The summed E-state index contributed by atoms with van der Waals surface area (Å²) in [5, 5.41) is 3.66. The summed E-state index contributed by atoms with van der Waals surface area (Å²) in [4.78, 5) is 0. The maximum absolute atomic E-state index is 6.01. The lowest BCUT2D eigenvalue weighted by molar-refractivity contribution is -0.105. The van der Waals surface area contributed by atoms with Crippen LogP contribution in [-0.4, -0.2) is 38.0 Å². The third-order valence-corrected chi connectivity index (χ3v) is 4.26. The first-order valence-electron chi connectivity index (χ1n) is 7.12. The van der Waals surface area contributed by atoms with E-state index in [4.69, 9.17) is 9.47 Å². The van der Waals surface area contributed by atoms with Gasteiger partial charge < -0.3 is 14.8 Å². The third-order valence-electron chi connectivity index (χ3n) is 4.26. The number of ether oxygens (including phenoxy) is 2. The van der Waals surface area contributed by atoms with Crippen molar-refractivity contribution in [3.05, 3.63) is 0 Å². The molecule has 17 heavy (non-hydrogen) atoms. The first-order chi connectivity index (χ1) is 8.17. The molecule has 3 nitrogen and oxygen atoms in total. The van der Waals surface area contributed by atoms with Crippen LogP contribution in [0.3, 0.4) is 0 Å². The van der Waals surface area contributed by atoms with Crippen molar-refractivity contribution in [1.82, 2.24) is 5.32 Å². The minimum atomic E-state index is 0.0471. The van der Waals surface area contributed by atoms with Crippen molar-refractivity contribution in [2.24, 2.45) is 11.8 Å². The summed E-state index contributed by atoms with van der Waals surface area (Å²) in [6.07, 6.45) is 3.45. The standard InChI is InChI=1S/C14H27NO2/c1-4-15-13(11(2)3)12-5-7-17-14(9-12)6-8-16-10-14/h11-13,15H,4-10H2,1-3H3. The van der Waals surface area contributed by atoms with E-state index < -0.39 is 0 Å². The molecule has 1 spiro atoms. The monoisotopic (exact) mass is 241 g/mol. The van der Waals surface area contributed by atoms with Gasteiger partial charge in [0.05, 0.1) is 12.2 Å². The number of hydrogen-bond donors (Lipinski definition) is 1. The van der Waals surface area contributed by atoms with Crippen LogP contribution in [0.2, 0.25) is 0 Å². The molecule has 2 aliphatic rings. The van der Waals surface area contributed by atoms with Crippen molar-refractivity contribution in [2.45, 2.75) is 51.7 Å². The van der Waals surface area contributed by atoms with Crippen LogP contribution in [0.15, 0.2) is 0 Å². The quantitative estimate of drug-likeness (QED) is 0.818. The highest BCUT2D eigenvalue weighted by atomic mass is 16.6. The smallest absolute Gasteiger partial charge is 0.0939 e. The van der Waals surface area contributed by atoms with E-state index in [0.29, 0.717) is 12.0 Å². The molecule has 3 atom stereocenters. The Morgan fingerprint density at radius 3 is 2.76 bits per heavy atom. The summed E-state index contributed by atoms with van der Waals surface area (Å²) in [6, 6.07) is 0.626. The van der Waals surface area contributed by atoms with Crippen LogP contribution in [0.5, 0.6) is 0 Å². The molecular formula is C14H27NO2. The summed E-state index contributed by atoms with van der Waals surface area (Å²) in [6.45, 7) is 10.5. The number of rotatable bonds is 4. The molecule has 2 saturated heterocycles. The Bertz CT molecular complexity index is 236. The fraction of sp³-hybridized carbons (Fsp3) is 1.00. The average Bonchev–Trinajstić information content (AvgIpc) is 2.73. The lowest BCUT2D eigenvalue weighted by Gasteiger charge is -2.41. The summed E-state index contributed by atoms with van der Waals surface area (Å²) < 4.78 is 11.6. The molecule has 2 heterocycles. The van der Waals surface area contributed by atoms with Gasteiger partial charge in [-0.05, 0) is 31.2 Å². The molecule has 0 aromatic carbocycles. The summed E-state index contributed by atoms with van der Waals surface area (Å²) >= 11 is 0. The minimum absolute atomic E-state index is 0.0471. The lowest BCUT2D eigenvalue weighted by Crippen LogP contribution is -2.49.